The lowest BCUT2D eigenvalue weighted by molar-refractivity contribution is -0.122. The van der Waals surface area contributed by atoms with Crippen molar-refractivity contribution in [2.45, 2.75) is 63.7 Å². The van der Waals surface area contributed by atoms with Gasteiger partial charge in [0.05, 0.1) is 58.7 Å². The number of carbonyl (C=O) groups is 5. The molecule has 2 saturated heterocycles. The Morgan fingerprint density at radius 3 is 1.73 bits per heavy atom. The Labute approximate surface area is 379 Å². The van der Waals surface area contributed by atoms with Crippen LogP contribution in [0.4, 0.5) is 20.4 Å². The zero-order valence-electron chi connectivity index (χ0n) is 35.9. The Morgan fingerprint density at radius 2 is 1.21 bits per heavy atom. The lowest BCUT2D eigenvalue weighted by Crippen LogP contribution is -2.34. The first-order chi connectivity index (χ1) is 32.3. The van der Waals surface area contributed by atoms with E-state index in [0.717, 1.165) is 6.29 Å². The zero-order valence-corrected chi connectivity index (χ0v) is 35.9. The molecule has 2 amide bonds. The van der Waals surface area contributed by atoms with Crippen LogP contribution in [0.5, 0.6) is 11.5 Å². The SMILES string of the molecule is N[C@@H]1CC(=O)N(c2ccc3c(n2)CC(=O)CO3)C1.O=C1COc2ccc(N3C[C@H](NCCCn4c(=O)cnc5ccc(F)cc54)CC3=O)nc2C1.O=CCCn1c(=O)cnc2ccc(F)cc21. The molecule has 0 bridgehead atoms. The fraction of sp³-hybridized carbons (Fsp3) is 0.326. The van der Waals surface area contributed by atoms with E-state index in [2.05, 4.69) is 25.3 Å². The number of hydrogen-bond acceptors (Lipinski definition) is 15. The first kappa shape index (κ1) is 45.9. The monoisotopic (exact) mass is 918 g/mol. The number of aldehydes is 1. The maximum Gasteiger partial charge on any atom is 0.269 e. The molecule has 21 heteroatoms. The summed E-state index contributed by atoms with van der Waals surface area (Å²) in [6.07, 6.45) is 5.11. The predicted molar refractivity (Wildman–Crippen MR) is 238 cm³/mol. The van der Waals surface area contributed by atoms with E-state index < -0.39 is 11.6 Å². The van der Waals surface area contributed by atoms with Crippen LogP contribution in [0.3, 0.4) is 0 Å². The summed E-state index contributed by atoms with van der Waals surface area (Å²) >= 11 is 0. The van der Waals surface area contributed by atoms with Gasteiger partial charge in [0, 0.05) is 57.5 Å². The van der Waals surface area contributed by atoms with Gasteiger partial charge in [-0.1, -0.05) is 0 Å². The minimum Gasteiger partial charge on any atom is -0.484 e. The van der Waals surface area contributed by atoms with Gasteiger partial charge in [-0.2, -0.15) is 0 Å². The molecule has 0 aliphatic carbocycles. The van der Waals surface area contributed by atoms with Crippen molar-refractivity contribution in [1.82, 2.24) is 34.4 Å². The molecule has 6 aromatic rings. The normalized spacial score (nSPS) is 17.5. The molecule has 4 aliphatic heterocycles. The van der Waals surface area contributed by atoms with Crippen LogP contribution in [0.1, 0.15) is 37.1 Å². The zero-order chi connectivity index (χ0) is 47.2. The minimum absolute atomic E-state index is 0.00315. The highest BCUT2D eigenvalue weighted by Gasteiger charge is 2.33. The number of nitrogens with one attached hydrogen (secondary N) is 1. The van der Waals surface area contributed by atoms with Crippen LogP contribution in [-0.4, -0.2) is 104 Å². The number of aromatic nitrogens is 6. The minimum atomic E-state index is -0.431. The van der Waals surface area contributed by atoms with Crippen LogP contribution in [0.25, 0.3) is 22.1 Å². The number of Topliss-reactive ketones (excluding diaryl/α,β-unsaturated/α-hetero) is 2. The Balaban J connectivity index is 0.000000150. The quantitative estimate of drug-likeness (QED) is 0.148. The van der Waals surface area contributed by atoms with Gasteiger partial charge >= 0.3 is 0 Å². The van der Waals surface area contributed by atoms with E-state index in [1.54, 1.807) is 40.1 Å². The number of nitrogens with two attached hydrogens (primary N) is 1. The molecular formula is C46H44F2N10O9. The number of ether oxygens (including phenoxy) is 2. The average Bonchev–Trinajstić information content (AvgIpc) is 3.86. The molecule has 0 radical (unpaired) electrons. The van der Waals surface area contributed by atoms with Gasteiger partial charge in [0.25, 0.3) is 11.1 Å². The Morgan fingerprint density at radius 1 is 0.687 bits per heavy atom. The van der Waals surface area contributed by atoms with Crippen LogP contribution in [0.2, 0.25) is 0 Å². The van der Waals surface area contributed by atoms with Gasteiger partial charge in [-0.25, -0.2) is 28.7 Å². The molecule has 2 fully saturated rings. The highest BCUT2D eigenvalue weighted by Crippen LogP contribution is 2.29. The Kier molecular flexibility index (Phi) is 13.9. The molecule has 0 unspecified atom stereocenters. The number of anilines is 2. The molecule has 8 heterocycles. The summed E-state index contributed by atoms with van der Waals surface area (Å²) in [6.45, 7) is 2.31. The fourth-order valence-electron chi connectivity index (χ4n) is 8.04. The summed E-state index contributed by atoms with van der Waals surface area (Å²) in [4.78, 5) is 101. The second-order valence-corrected chi connectivity index (χ2v) is 16.1. The number of rotatable bonds is 10. The average molecular weight is 919 g/mol. The maximum absolute atomic E-state index is 13.6. The van der Waals surface area contributed by atoms with E-state index in [-0.39, 0.29) is 85.6 Å². The van der Waals surface area contributed by atoms with Crippen LogP contribution in [0.15, 0.2) is 82.6 Å². The highest BCUT2D eigenvalue weighted by molar-refractivity contribution is 5.96. The van der Waals surface area contributed by atoms with E-state index in [1.807, 2.05) is 0 Å². The van der Waals surface area contributed by atoms with Gasteiger partial charge in [0.1, 0.15) is 54.3 Å². The number of pyridine rings is 2. The van der Waals surface area contributed by atoms with Crippen molar-refractivity contribution in [1.29, 1.82) is 0 Å². The molecule has 2 aromatic carbocycles. The molecule has 2 atom stereocenters. The van der Waals surface area contributed by atoms with Crippen molar-refractivity contribution >= 4 is 63.4 Å². The summed E-state index contributed by atoms with van der Waals surface area (Å²) in [5.41, 5.74) is 8.25. The Bertz CT molecular complexity index is 3040. The largest absolute Gasteiger partial charge is 0.484 e. The molecule has 10 rings (SSSR count). The van der Waals surface area contributed by atoms with E-state index in [9.17, 15) is 42.3 Å². The number of amides is 2. The molecule has 346 valence electrons. The molecule has 4 aliphatic rings. The van der Waals surface area contributed by atoms with Crippen LogP contribution in [-0.2, 0) is 49.9 Å². The van der Waals surface area contributed by atoms with Gasteiger partial charge in [0.2, 0.25) is 11.8 Å². The molecule has 0 saturated carbocycles. The van der Waals surface area contributed by atoms with Crippen molar-refractivity contribution in [3.05, 3.63) is 117 Å². The van der Waals surface area contributed by atoms with E-state index in [0.29, 0.717) is 102 Å². The summed E-state index contributed by atoms with van der Waals surface area (Å²) in [5.74, 6) is 1.29. The molecule has 3 N–H and O–H groups in total. The summed E-state index contributed by atoms with van der Waals surface area (Å²) in [7, 11) is 0. The van der Waals surface area contributed by atoms with E-state index in [4.69, 9.17) is 15.2 Å². The lowest BCUT2D eigenvalue weighted by Gasteiger charge is -2.20. The second kappa shape index (κ2) is 20.3. The van der Waals surface area contributed by atoms with E-state index >= 15 is 0 Å². The topological polar surface area (TPSA) is 244 Å². The number of halogens is 2. The fourth-order valence-corrected chi connectivity index (χ4v) is 8.04. The number of benzene rings is 2. The van der Waals surface area contributed by atoms with Crippen LogP contribution >= 0.6 is 0 Å². The van der Waals surface area contributed by atoms with Gasteiger partial charge in [0.15, 0.2) is 11.6 Å². The smallest absolute Gasteiger partial charge is 0.269 e. The predicted octanol–water partition coefficient (Wildman–Crippen LogP) is 1.99. The van der Waals surface area contributed by atoms with Crippen LogP contribution in [0, 0.1) is 11.6 Å². The lowest BCUT2D eigenvalue weighted by atomic mass is 10.1. The summed E-state index contributed by atoms with van der Waals surface area (Å²) in [6, 6.07) is 15.0. The van der Waals surface area contributed by atoms with E-state index in [1.165, 1.54) is 51.9 Å². The number of aryl methyl sites for hydroxylation is 2. The molecule has 0 spiro atoms. The van der Waals surface area contributed by atoms with Gasteiger partial charge in [-0.3, -0.25) is 38.6 Å². The number of fused-ring (bicyclic) bond motifs is 4. The molecular weight excluding hydrogens is 875 g/mol. The van der Waals surface area contributed by atoms with Crippen molar-refractivity contribution in [3.8, 4) is 11.5 Å². The van der Waals surface area contributed by atoms with Crippen molar-refractivity contribution in [3.63, 3.8) is 0 Å². The molecule has 4 aromatic heterocycles. The first-order valence-corrected chi connectivity index (χ1v) is 21.5. The van der Waals surface area contributed by atoms with Crippen molar-refractivity contribution in [2.75, 3.05) is 42.6 Å². The Hall–Kier alpha value is -7.65. The summed E-state index contributed by atoms with van der Waals surface area (Å²) < 4.78 is 40.2. The molecule has 67 heavy (non-hydrogen) atoms. The first-order valence-electron chi connectivity index (χ1n) is 21.5. The standard InChI is InChI=1S/C23H22FN5O4.C12H13N3O3.C11H9FN2O2/c24-14-2-3-17-19(8-14)28(23(32)11-26-17)7-1-6-25-15-9-22(31)29(12-15)21-5-4-20-18(27-21)10-16(30)13-33-20;13-7-3-12(17)15(5-7)11-2-1-10-9(14-11)4-8(16)6-18-10;12-8-2-3-9-10(6-8)14(4-1-5-15)11(16)7-13-9/h2-5,8,11,15,25H,1,6-7,9-10,12-13H2;1-2,7H,3-6,13H2;2-3,5-7H,1,4H2/t15-;7-;/m11./s1. The number of ketones is 2. The van der Waals surface area contributed by atoms with Crippen molar-refractivity contribution < 1.29 is 42.2 Å². The number of hydrogen-bond donors (Lipinski definition) is 2. The number of carbonyl (C=O) groups excluding carboxylic acids is 5. The van der Waals surface area contributed by atoms with Gasteiger partial charge < -0.3 is 34.5 Å². The molecule has 19 nitrogen and oxygen atoms in total. The third-order valence-electron chi connectivity index (χ3n) is 11.3. The van der Waals surface area contributed by atoms with Crippen LogP contribution < -0.4 is 41.4 Å². The van der Waals surface area contributed by atoms with Gasteiger partial charge in [-0.05, 0) is 73.6 Å². The van der Waals surface area contributed by atoms with Crippen molar-refractivity contribution in [2.24, 2.45) is 5.73 Å². The highest BCUT2D eigenvalue weighted by atomic mass is 19.1. The third-order valence-corrected chi connectivity index (χ3v) is 11.3. The maximum atomic E-state index is 13.6. The second-order valence-electron chi connectivity index (χ2n) is 16.1. The summed E-state index contributed by atoms with van der Waals surface area (Å²) in [5, 5.41) is 3.36. The third kappa shape index (κ3) is 10.7. The number of nitrogens with zero attached hydrogens (tertiary/aromatic N) is 8. The van der Waals surface area contributed by atoms with Gasteiger partial charge in [-0.15, -0.1) is 0 Å².